The number of rotatable bonds is 6. The number of amides is 1. The zero-order chi connectivity index (χ0) is 19.5. The molecule has 4 heterocycles. The normalized spacial score (nSPS) is 16.6. The molecule has 1 fully saturated rings. The lowest BCUT2D eigenvalue weighted by atomic mass is 10.0. The average molecular weight is 381 g/mol. The Hall–Kier alpha value is -3.03. The lowest BCUT2D eigenvalue weighted by Crippen LogP contribution is -2.30. The van der Waals surface area contributed by atoms with Gasteiger partial charge in [0.15, 0.2) is 0 Å². The molecule has 0 saturated carbocycles. The van der Waals surface area contributed by atoms with E-state index in [2.05, 4.69) is 20.3 Å². The van der Waals surface area contributed by atoms with Gasteiger partial charge in [0.1, 0.15) is 5.76 Å². The molecule has 0 spiro atoms. The fourth-order valence-corrected chi connectivity index (χ4v) is 3.83. The highest BCUT2D eigenvalue weighted by molar-refractivity contribution is 5.77. The third kappa shape index (κ3) is 3.67. The Morgan fingerprint density at radius 2 is 2.18 bits per heavy atom. The quantitative estimate of drug-likeness (QED) is 0.645. The Morgan fingerprint density at radius 1 is 1.29 bits per heavy atom. The van der Waals surface area contributed by atoms with Crippen LogP contribution in [0.1, 0.15) is 54.6 Å². The molecule has 0 bridgehead atoms. The molecule has 0 aliphatic carbocycles. The standard InChI is InChI=1S/C20H23N5O3/c1-13-19(14(2)27-23-13)16-7-5-11-25(16)18(26)9-3-8-17-22-20(24-28-17)15-6-4-10-21-12-15/h4,6,10,12,16H,3,5,7-9,11H2,1-2H3/t16-/m0/s1. The second kappa shape index (κ2) is 7.92. The molecule has 8 heteroatoms. The Kier molecular flexibility index (Phi) is 5.18. The third-order valence-electron chi connectivity index (χ3n) is 5.16. The summed E-state index contributed by atoms with van der Waals surface area (Å²) >= 11 is 0. The summed E-state index contributed by atoms with van der Waals surface area (Å²) in [4.78, 5) is 23.2. The molecule has 4 rings (SSSR count). The summed E-state index contributed by atoms with van der Waals surface area (Å²) in [7, 11) is 0. The van der Waals surface area contributed by atoms with Gasteiger partial charge in [0.2, 0.25) is 17.6 Å². The number of pyridine rings is 1. The van der Waals surface area contributed by atoms with Gasteiger partial charge in [-0.25, -0.2) is 0 Å². The van der Waals surface area contributed by atoms with Gasteiger partial charge in [0, 0.05) is 42.9 Å². The molecule has 1 aliphatic rings. The summed E-state index contributed by atoms with van der Waals surface area (Å²) in [5.41, 5.74) is 2.74. The summed E-state index contributed by atoms with van der Waals surface area (Å²) in [5, 5.41) is 8.03. The van der Waals surface area contributed by atoms with E-state index in [0.29, 0.717) is 31.0 Å². The van der Waals surface area contributed by atoms with Crippen LogP contribution >= 0.6 is 0 Å². The minimum absolute atomic E-state index is 0.0688. The molecule has 1 saturated heterocycles. The Balaban J connectivity index is 1.34. The molecule has 0 radical (unpaired) electrons. The number of hydrogen-bond acceptors (Lipinski definition) is 7. The van der Waals surface area contributed by atoms with Gasteiger partial charge in [0.25, 0.3) is 0 Å². The van der Waals surface area contributed by atoms with Gasteiger partial charge in [-0.2, -0.15) is 4.98 Å². The predicted molar refractivity (Wildman–Crippen MR) is 100 cm³/mol. The van der Waals surface area contributed by atoms with E-state index < -0.39 is 0 Å². The molecule has 1 atom stereocenters. The molecule has 0 N–H and O–H groups in total. The van der Waals surface area contributed by atoms with E-state index in [-0.39, 0.29) is 11.9 Å². The van der Waals surface area contributed by atoms with Crippen molar-refractivity contribution in [3.05, 3.63) is 47.4 Å². The van der Waals surface area contributed by atoms with Gasteiger partial charge >= 0.3 is 0 Å². The van der Waals surface area contributed by atoms with Crippen molar-refractivity contribution in [2.45, 2.75) is 52.0 Å². The van der Waals surface area contributed by atoms with Crippen LogP contribution in [0.4, 0.5) is 0 Å². The molecule has 146 valence electrons. The van der Waals surface area contributed by atoms with E-state index in [4.69, 9.17) is 9.05 Å². The highest BCUT2D eigenvalue weighted by atomic mass is 16.5. The Morgan fingerprint density at radius 3 is 2.93 bits per heavy atom. The van der Waals surface area contributed by atoms with Crippen molar-refractivity contribution in [3.63, 3.8) is 0 Å². The van der Waals surface area contributed by atoms with Crippen LogP contribution in [0.5, 0.6) is 0 Å². The Bertz CT molecular complexity index is 930. The number of aromatic nitrogens is 4. The number of aryl methyl sites for hydroxylation is 3. The maximum absolute atomic E-state index is 12.8. The fraction of sp³-hybridized carbons (Fsp3) is 0.450. The number of carbonyl (C=O) groups excluding carboxylic acids is 1. The van der Waals surface area contributed by atoms with Gasteiger partial charge in [-0.15, -0.1) is 0 Å². The molecule has 3 aromatic heterocycles. The van der Waals surface area contributed by atoms with Gasteiger partial charge in [0.05, 0.1) is 11.7 Å². The second-order valence-electron chi connectivity index (χ2n) is 7.09. The molecule has 0 unspecified atom stereocenters. The van der Waals surface area contributed by atoms with Crippen LogP contribution in [0.3, 0.4) is 0 Å². The maximum atomic E-state index is 12.8. The van der Waals surface area contributed by atoms with Crippen LogP contribution in [-0.4, -0.2) is 37.6 Å². The van der Waals surface area contributed by atoms with E-state index in [1.165, 1.54) is 0 Å². The van der Waals surface area contributed by atoms with Crippen molar-refractivity contribution in [2.24, 2.45) is 0 Å². The van der Waals surface area contributed by atoms with Crippen molar-refractivity contribution in [3.8, 4) is 11.4 Å². The topological polar surface area (TPSA) is 98.2 Å². The largest absolute Gasteiger partial charge is 0.361 e. The third-order valence-corrected chi connectivity index (χ3v) is 5.16. The van der Waals surface area contributed by atoms with Crippen molar-refractivity contribution in [1.82, 2.24) is 25.2 Å². The summed E-state index contributed by atoms with van der Waals surface area (Å²) in [6.07, 6.45) is 7.03. The van der Waals surface area contributed by atoms with Crippen molar-refractivity contribution in [1.29, 1.82) is 0 Å². The molecular formula is C20H23N5O3. The highest BCUT2D eigenvalue weighted by Gasteiger charge is 2.33. The van der Waals surface area contributed by atoms with Crippen molar-refractivity contribution in [2.75, 3.05) is 6.54 Å². The monoisotopic (exact) mass is 381 g/mol. The van der Waals surface area contributed by atoms with Crippen molar-refractivity contribution >= 4 is 5.91 Å². The first-order valence-electron chi connectivity index (χ1n) is 9.58. The van der Waals surface area contributed by atoms with Crippen LogP contribution in [0, 0.1) is 13.8 Å². The Labute approximate surface area is 162 Å². The van der Waals surface area contributed by atoms with E-state index in [1.807, 2.05) is 30.9 Å². The molecule has 1 amide bonds. The zero-order valence-corrected chi connectivity index (χ0v) is 16.1. The van der Waals surface area contributed by atoms with Gasteiger partial charge in [-0.3, -0.25) is 9.78 Å². The van der Waals surface area contributed by atoms with Crippen LogP contribution in [0.2, 0.25) is 0 Å². The first kappa shape index (κ1) is 18.3. The molecule has 3 aromatic rings. The maximum Gasteiger partial charge on any atom is 0.226 e. The smallest absolute Gasteiger partial charge is 0.226 e. The lowest BCUT2D eigenvalue weighted by Gasteiger charge is -2.24. The lowest BCUT2D eigenvalue weighted by molar-refractivity contribution is -0.132. The highest BCUT2D eigenvalue weighted by Crippen LogP contribution is 2.36. The van der Waals surface area contributed by atoms with Crippen LogP contribution < -0.4 is 0 Å². The number of hydrogen-bond donors (Lipinski definition) is 0. The van der Waals surface area contributed by atoms with Gasteiger partial charge in [-0.05, 0) is 45.2 Å². The number of likely N-dealkylation sites (tertiary alicyclic amines) is 1. The van der Waals surface area contributed by atoms with Crippen molar-refractivity contribution < 1.29 is 13.8 Å². The zero-order valence-electron chi connectivity index (χ0n) is 16.1. The predicted octanol–water partition coefficient (Wildman–Crippen LogP) is 3.42. The first-order valence-corrected chi connectivity index (χ1v) is 9.58. The molecule has 0 aromatic carbocycles. The molecular weight excluding hydrogens is 358 g/mol. The SMILES string of the molecule is Cc1noc(C)c1[C@@H]1CCCN1C(=O)CCCc1nc(-c2cccnc2)no1. The number of carbonyl (C=O) groups is 1. The summed E-state index contributed by atoms with van der Waals surface area (Å²) in [5.74, 6) is 2.01. The summed E-state index contributed by atoms with van der Waals surface area (Å²) in [6.45, 7) is 4.62. The van der Waals surface area contributed by atoms with E-state index in [0.717, 1.165) is 42.0 Å². The first-order chi connectivity index (χ1) is 13.6. The minimum Gasteiger partial charge on any atom is -0.361 e. The van der Waals surface area contributed by atoms with Crippen LogP contribution in [-0.2, 0) is 11.2 Å². The van der Waals surface area contributed by atoms with E-state index >= 15 is 0 Å². The number of nitrogens with zero attached hydrogens (tertiary/aromatic N) is 5. The molecule has 8 nitrogen and oxygen atoms in total. The van der Waals surface area contributed by atoms with Crippen LogP contribution in [0.25, 0.3) is 11.4 Å². The van der Waals surface area contributed by atoms with E-state index in [1.54, 1.807) is 12.4 Å². The summed E-state index contributed by atoms with van der Waals surface area (Å²) in [6, 6.07) is 3.78. The fourth-order valence-electron chi connectivity index (χ4n) is 3.83. The molecule has 28 heavy (non-hydrogen) atoms. The average Bonchev–Trinajstić information content (AvgIpc) is 3.43. The summed E-state index contributed by atoms with van der Waals surface area (Å²) < 4.78 is 10.6. The second-order valence-corrected chi connectivity index (χ2v) is 7.09. The molecule has 1 aliphatic heterocycles. The van der Waals surface area contributed by atoms with Gasteiger partial charge < -0.3 is 13.9 Å². The minimum atomic E-state index is 0.0688. The van der Waals surface area contributed by atoms with Gasteiger partial charge in [-0.1, -0.05) is 10.3 Å². The van der Waals surface area contributed by atoms with Crippen LogP contribution in [0.15, 0.2) is 33.6 Å². The van der Waals surface area contributed by atoms with E-state index in [9.17, 15) is 4.79 Å².